The zero-order valence-electron chi connectivity index (χ0n) is 8.78. The molecule has 0 bridgehead atoms. The van der Waals surface area contributed by atoms with Crippen LogP contribution in [0.25, 0.3) is 0 Å². The number of hydrogen-bond donors (Lipinski definition) is 1. The van der Waals surface area contributed by atoms with Gasteiger partial charge in [0.1, 0.15) is 5.82 Å². The Balaban J connectivity index is 2.81. The Morgan fingerprint density at radius 1 is 1.44 bits per heavy atom. The molecule has 0 aliphatic rings. The largest absolute Gasteiger partial charge is 0.213 e. The first-order valence-electron chi connectivity index (χ1n) is 4.76. The van der Waals surface area contributed by atoms with E-state index in [0.717, 1.165) is 0 Å². The predicted molar refractivity (Wildman–Crippen MR) is 62.5 cm³/mol. The molecule has 1 unspecified atom stereocenters. The third-order valence-corrected chi connectivity index (χ3v) is 3.94. The Bertz CT molecular complexity index is 450. The smallest absolute Gasteiger partial charge is 0.212 e. The van der Waals surface area contributed by atoms with Gasteiger partial charge >= 0.3 is 0 Å². The molecule has 1 rings (SSSR count). The summed E-state index contributed by atoms with van der Waals surface area (Å²) in [7, 11) is -3.44. The molecule has 0 aliphatic heterocycles. The normalized spacial score (nSPS) is 13.7. The van der Waals surface area contributed by atoms with E-state index in [1.165, 1.54) is 6.07 Å². The van der Waals surface area contributed by atoms with Gasteiger partial charge in [0.2, 0.25) is 10.0 Å². The van der Waals surface area contributed by atoms with Crippen LogP contribution in [0.3, 0.4) is 0 Å². The Morgan fingerprint density at radius 3 is 2.62 bits per heavy atom. The summed E-state index contributed by atoms with van der Waals surface area (Å²) in [5.74, 6) is -0.587. The Kier molecular flexibility index (Phi) is 4.70. The molecule has 0 spiro atoms. The summed E-state index contributed by atoms with van der Waals surface area (Å²) in [6.45, 7) is 1.59. The fraction of sp³-hybridized carbons (Fsp3) is 0.400. The van der Waals surface area contributed by atoms with Crippen LogP contribution < -0.4 is 4.72 Å². The van der Waals surface area contributed by atoms with Crippen molar-refractivity contribution < 1.29 is 12.8 Å². The van der Waals surface area contributed by atoms with Gasteiger partial charge in [-0.2, -0.15) is 0 Å². The van der Waals surface area contributed by atoms with Gasteiger partial charge in [-0.25, -0.2) is 17.5 Å². The maximum absolute atomic E-state index is 13.3. The Labute approximate surface area is 99.7 Å². The summed E-state index contributed by atoms with van der Waals surface area (Å²) in [6.07, 6.45) is 0. The molecule has 1 aromatic rings. The third kappa shape index (κ3) is 3.73. The summed E-state index contributed by atoms with van der Waals surface area (Å²) >= 11 is 5.35. The third-order valence-electron chi connectivity index (χ3n) is 2.07. The van der Waals surface area contributed by atoms with Crippen LogP contribution in [0.5, 0.6) is 0 Å². The summed E-state index contributed by atoms with van der Waals surface area (Å²) in [4.78, 5) is 0. The van der Waals surface area contributed by atoms with E-state index < -0.39 is 21.9 Å². The second-order valence-corrected chi connectivity index (χ2v) is 5.62. The van der Waals surface area contributed by atoms with E-state index in [-0.39, 0.29) is 11.6 Å². The molecule has 0 aromatic heterocycles. The first-order valence-corrected chi connectivity index (χ1v) is 6.95. The van der Waals surface area contributed by atoms with E-state index in [4.69, 9.17) is 11.6 Å². The number of rotatable bonds is 5. The van der Waals surface area contributed by atoms with Gasteiger partial charge in [0, 0.05) is 17.5 Å². The van der Waals surface area contributed by atoms with Crippen molar-refractivity contribution in [3.05, 3.63) is 35.6 Å². The SMILES string of the molecule is CC(NS(=O)(=O)CCCl)c1ccccc1F. The minimum absolute atomic E-state index is 0.0132. The van der Waals surface area contributed by atoms with Crippen molar-refractivity contribution in [3.8, 4) is 0 Å². The number of benzene rings is 1. The fourth-order valence-corrected chi connectivity index (χ4v) is 2.92. The van der Waals surface area contributed by atoms with Crippen molar-refractivity contribution in [2.75, 3.05) is 11.6 Å². The number of alkyl halides is 1. The second kappa shape index (κ2) is 5.61. The number of halogens is 2. The van der Waals surface area contributed by atoms with E-state index in [0.29, 0.717) is 5.56 Å². The van der Waals surface area contributed by atoms with Gasteiger partial charge in [-0.05, 0) is 13.0 Å². The Morgan fingerprint density at radius 2 is 2.06 bits per heavy atom. The van der Waals surface area contributed by atoms with Gasteiger partial charge in [-0.15, -0.1) is 11.6 Å². The van der Waals surface area contributed by atoms with E-state index in [1.54, 1.807) is 25.1 Å². The van der Waals surface area contributed by atoms with Gasteiger partial charge < -0.3 is 0 Å². The summed E-state index contributed by atoms with van der Waals surface area (Å²) in [6, 6.07) is 5.45. The Hall–Kier alpha value is -0.650. The molecule has 1 aromatic carbocycles. The minimum atomic E-state index is -3.44. The second-order valence-electron chi connectivity index (χ2n) is 3.37. The van der Waals surface area contributed by atoms with Gasteiger partial charge in [0.15, 0.2) is 0 Å². The number of sulfonamides is 1. The average molecular weight is 266 g/mol. The van der Waals surface area contributed by atoms with Crippen molar-refractivity contribution in [3.63, 3.8) is 0 Å². The van der Waals surface area contributed by atoms with Crippen LogP contribution in [0.1, 0.15) is 18.5 Å². The van der Waals surface area contributed by atoms with Crippen LogP contribution in [-0.4, -0.2) is 20.1 Å². The topological polar surface area (TPSA) is 46.2 Å². The monoisotopic (exact) mass is 265 g/mol. The first-order chi connectivity index (χ1) is 7.46. The zero-order chi connectivity index (χ0) is 12.2. The van der Waals surface area contributed by atoms with Crippen LogP contribution in [0.15, 0.2) is 24.3 Å². The van der Waals surface area contributed by atoms with Crippen LogP contribution in [0, 0.1) is 5.82 Å². The van der Waals surface area contributed by atoms with Crippen molar-refractivity contribution in [2.45, 2.75) is 13.0 Å². The lowest BCUT2D eigenvalue weighted by Crippen LogP contribution is -2.30. The van der Waals surface area contributed by atoms with Gasteiger partial charge in [-0.1, -0.05) is 18.2 Å². The predicted octanol–water partition coefficient (Wildman–Crippen LogP) is 2.04. The lowest BCUT2D eigenvalue weighted by molar-refractivity contribution is 0.551. The van der Waals surface area contributed by atoms with E-state index >= 15 is 0 Å². The fourth-order valence-electron chi connectivity index (χ4n) is 1.32. The molecule has 16 heavy (non-hydrogen) atoms. The summed E-state index contributed by atoms with van der Waals surface area (Å²) in [5, 5.41) is 0. The highest BCUT2D eigenvalue weighted by Crippen LogP contribution is 2.16. The maximum Gasteiger partial charge on any atom is 0.213 e. The zero-order valence-corrected chi connectivity index (χ0v) is 10.4. The molecule has 0 fully saturated rings. The molecule has 0 aliphatic carbocycles. The number of nitrogens with one attached hydrogen (secondary N) is 1. The number of hydrogen-bond acceptors (Lipinski definition) is 2. The van der Waals surface area contributed by atoms with Crippen molar-refractivity contribution in [1.82, 2.24) is 4.72 Å². The van der Waals surface area contributed by atoms with Crippen molar-refractivity contribution in [2.24, 2.45) is 0 Å². The van der Waals surface area contributed by atoms with Crippen LogP contribution in [0.4, 0.5) is 4.39 Å². The summed E-state index contributed by atoms with van der Waals surface area (Å²) in [5.41, 5.74) is 0.320. The standard InChI is InChI=1S/C10H13ClFNO2S/c1-8(13-16(14,15)7-6-11)9-4-2-3-5-10(9)12/h2-5,8,13H,6-7H2,1H3. The van der Waals surface area contributed by atoms with Gasteiger partial charge in [-0.3, -0.25) is 0 Å². The van der Waals surface area contributed by atoms with Crippen molar-refractivity contribution in [1.29, 1.82) is 0 Å². The van der Waals surface area contributed by atoms with E-state index in [9.17, 15) is 12.8 Å². The van der Waals surface area contributed by atoms with Crippen LogP contribution >= 0.6 is 11.6 Å². The quantitative estimate of drug-likeness (QED) is 0.829. The first kappa shape index (κ1) is 13.4. The molecule has 0 saturated heterocycles. The molecular formula is C10H13ClFNO2S. The molecular weight excluding hydrogens is 253 g/mol. The van der Waals surface area contributed by atoms with E-state index in [2.05, 4.69) is 4.72 Å². The molecule has 0 radical (unpaired) electrons. The van der Waals surface area contributed by atoms with Gasteiger partial charge in [0.25, 0.3) is 0 Å². The molecule has 0 heterocycles. The highest BCUT2D eigenvalue weighted by molar-refractivity contribution is 7.89. The highest BCUT2D eigenvalue weighted by atomic mass is 35.5. The molecule has 3 nitrogen and oxygen atoms in total. The van der Waals surface area contributed by atoms with Crippen molar-refractivity contribution >= 4 is 21.6 Å². The molecule has 0 amide bonds. The minimum Gasteiger partial charge on any atom is -0.212 e. The van der Waals surface area contributed by atoms with Crippen LogP contribution in [-0.2, 0) is 10.0 Å². The summed E-state index contributed by atoms with van der Waals surface area (Å²) < 4.78 is 38.5. The maximum atomic E-state index is 13.3. The molecule has 6 heteroatoms. The van der Waals surface area contributed by atoms with E-state index in [1.807, 2.05) is 0 Å². The van der Waals surface area contributed by atoms with Gasteiger partial charge in [0.05, 0.1) is 5.75 Å². The molecule has 1 N–H and O–H groups in total. The molecule has 0 saturated carbocycles. The highest BCUT2D eigenvalue weighted by Gasteiger charge is 2.17. The lowest BCUT2D eigenvalue weighted by atomic mass is 10.1. The lowest BCUT2D eigenvalue weighted by Gasteiger charge is -2.14. The molecule has 1 atom stereocenters. The average Bonchev–Trinajstić information content (AvgIpc) is 2.17. The molecule has 90 valence electrons. The van der Waals surface area contributed by atoms with Crippen LogP contribution in [0.2, 0.25) is 0 Å².